The van der Waals surface area contributed by atoms with Crippen LogP contribution < -0.4 is 20.2 Å². The van der Waals surface area contributed by atoms with Crippen LogP contribution in [0.1, 0.15) is 21.7 Å². The van der Waals surface area contributed by atoms with Gasteiger partial charge in [-0.3, -0.25) is 19.7 Å². The smallest absolute Gasteiger partial charge is 0.294 e. The molecule has 0 fully saturated rings. The number of nitrogens with zero attached hydrogens (tertiary/aromatic N) is 3. The number of para-hydroxylation sites is 3. The summed E-state index contributed by atoms with van der Waals surface area (Å²) in [6.45, 7) is 2.52. The van der Waals surface area contributed by atoms with Crippen LogP contribution in [0.5, 0.6) is 11.5 Å². The van der Waals surface area contributed by atoms with Crippen molar-refractivity contribution in [3.63, 3.8) is 0 Å². The second-order valence-corrected chi connectivity index (χ2v) is 6.78. The van der Waals surface area contributed by atoms with E-state index in [4.69, 9.17) is 9.47 Å². The Morgan fingerprint density at radius 2 is 1.97 bits per heavy atom. The highest BCUT2D eigenvalue weighted by Gasteiger charge is 2.21. The van der Waals surface area contributed by atoms with Gasteiger partial charge in [0.05, 0.1) is 4.92 Å². The van der Waals surface area contributed by atoms with Gasteiger partial charge in [0.1, 0.15) is 18.9 Å². The maximum atomic E-state index is 12.7. The van der Waals surface area contributed by atoms with Gasteiger partial charge in [-0.15, -0.1) is 0 Å². The third kappa shape index (κ3) is 3.95. The maximum absolute atomic E-state index is 12.7. The molecule has 1 amide bonds. The van der Waals surface area contributed by atoms with Gasteiger partial charge < -0.3 is 14.8 Å². The van der Waals surface area contributed by atoms with Crippen LogP contribution in [0.3, 0.4) is 0 Å². The number of ether oxygens (including phenoxy) is 2. The van der Waals surface area contributed by atoms with Gasteiger partial charge in [-0.05, 0) is 19.1 Å². The van der Waals surface area contributed by atoms with Crippen molar-refractivity contribution in [2.75, 3.05) is 13.2 Å². The number of nitro benzene ring substituents is 1. The summed E-state index contributed by atoms with van der Waals surface area (Å²) >= 11 is 0. The minimum Gasteiger partial charge on any atom is -0.486 e. The van der Waals surface area contributed by atoms with E-state index in [1.807, 2.05) is 0 Å². The van der Waals surface area contributed by atoms with Crippen molar-refractivity contribution in [1.82, 2.24) is 15.1 Å². The van der Waals surface area contributed by atoms with Crippen LogP contribution in [0.25, 0.3) is 5.69 Å². The van der Waals surface area contributed by atoms with E-state index in [1.54, 1.807) is 31.2 Å². The third-order valence-electron chi connectivity index (χ3n) is 4.72. The number of carbonyl (C=O) groups is 1. The molecule has 0 saturated heterocycles. The van der Waals surface area contributed by atoms with E-state index in [0.29, 0.717) is 36.0 Å². The summed E-state index contributed by atoms with van der Waals surface area (Å²) in [5.74, 6) is 0.431. The Morgan fingerprint density at radius 1 is 1.19 bits per heavy atom. The van der Waals surface area contributed by atoms with Crippen LogP contribution in [-0.2, 0) is 6.54 Å². The average molecular weight is 422 g/mol. The van der Waals surface area contributed by atoms with Crippen molar-refractivity contribution < 1.29 is 19.2 Å². The highest BCUT2D eigenvalue weighted by molar-refractivity contribution is 5.92. The molecule has 2 heterocycles. The summed E-state index contributed by atoms with van der Waals surface area (Å²) in [5.41, 5.74) is 0.0586. The predicted octanol–water partition coefficient (Wildman–Crippen LogP) is 2.15. The number of hydrogen-bond acceptors (Lipinski definition) is 7. The van der Waals surface area contributed by atoms with Crippen molar-refractivity contribution in [2.45, 2.75) is 13.5 Å². The normalized spacial score (nSPS) is 12.3. The number of carbonyl (C=O) groups excluding carboxylic acids is 1. The summed E-state index contributed by atoms with van der Waals surface area (Å²) in [6.07, 6.45) is 0. The summed E-state index contributed by atoms with van der Waals surface area (Å²) < 4.78 is 12.4. The first-order chi connectivity index (χ1) is 15.0. The molecule has 4 rings (SSSR count). The molecular formula is C21H18N4O6. The Bertz CT molecular complexity index is 1240. The van der Waals surface area contributed by atoms with Gasteiger partial charge in [-0.2, -0.15) is 5.10 Å². The molecule has 1 aromatic heterocycles. The molecule has 0 bridgehead atoms. The van der Waals surface area contributed by atoms with Crippen LogP contribution in [0.4, 0.5) is 5.69 Å². The molecule has 1 aliphatic rings. The lowest BCUT2D eigenvalue weighted by molar-refractivity contribution is -0.384. The first-order valence-electron chi connectivity index (χ1n) is 9.46. The number of hydrogen-bond donors (Lipinski definition) is 1. The Labute approximate surface area is 176 Å². The number of fused-ring (bicyclic) bond motifs is 1. The van der Waals surface area contributed by atoms with Crippen LogP contribution in [0.2, 0.25) is 0 Å². The first-order valence-corrected chi connectivity index (χ1v) is 9.46. The monoisotopic (exact) mass is 422 g/mol. The molecule has 0 saturated carbocycles. The van der Waals surface area contributed by atoms with Crippen LogP contribution in [0.15, 0.2) is 53.3 Å². The molecule has 10 heteroatoms. The minimum atomic E-state index is -0.702. The molecule has 1 aliphatic heterocycles. The number of amides is 1. The molecule has 1 N–H and O–H groups in total. The maximum Gasteiger partial charge on any atom is 0.294 e. The van der Waals surface area contributed by atoms with Crippen molar-refractivity contribution in [2.24, 2.45) is 0 Å². The number of aryl methyl sites for hydroxylation is 1. The van der Waals surface area contributed by atoms with E-state index in [9.17, 15) is 19.7 Å². The Kier molecular flexibility index (Phi) is 5.35. The fourth-order valence-corrected chi connectivity index (χ4v) is 3.28. The van der Waals surface area contributed by atoms with E-state index in [-0.39, 0.29) is 23.6 Å². The van der Waals surface area contributed by atoms with E-state index < -0.39 is 16.3 Å². The lowest BCUT2D eigenvalue weighted by Crippen LogP contribution is -2.32. The number of aromatic nitrogens is 2. The van der Waals surface area contributed by atoms with Crippen molar-refractivity contribution in [3.05, 3.63) is 85.8 Å². The number of rotatable bonds is 5. The molecular weight excluding hydrogens is 404 g/mol. The Morgan fingerprint density at radius 3 is 2.77 bits per heavy atom. The van der Waals surface area contributed by atoms with E-state index in [2.05, 4.69) is 10.4 Å². The van der Waals surface area contributed by atoms with E-state index in [1.165, 1.54) is 28.9 Å². The molecule has 2 aromatic carbocycles. The average Bonchev–Trinajstić information content (AvgIpc) is 2.77. The molecule has 0 unspecified atom stereocenters. The molecule has 31 heavy (non-hydrogen) atoms. The fraction of sp³-hybridized carbons (Fsp3) is 0.190. The van der Waals surface area contributed by atoms with Crippen molar-refractivity contribution in [3.8, 4) is 17.2 Å². The number of nitro groups is 1. The highest BCUT2D eigenvalue weighted by atomic mass is 16.6. The number of benzene rings is 2. The summed E-state index contributed by atoms with van der Waals surface area (Å²) in [4.78, 5) is 36.0. The summed E-state index contributed by atoms with van der Waals surface area (Å²) in [7, 11) is 0. The van der Waals surface area contributed by atoms with E-state index >= 15 is 0 Å². The van der Waals surface area contributed by atoms with Gasteiger partial charge in [0.15, 0.2) is 17.2 Å². The zero-order valence-corrected chi connectivity index (χ0v) is 16.5. The lowest BCUT2D eigenvalue weighted by Gasteiger charge is -2.21. The van der Waals surface area contributed by atoms with Gasteiger partial charge in [0, 0.05) is 29.9 Å². The second-order valence-electron chi connectivity index (χ2n) is 6.78. The molecule has 10 nitrogen and oxygen atoms in total. The number of nitrogens with one attached hydrogen (secondary N) is 1. The zero-order chi connectivity index (χ0) is 22.0. The second kappa shape index (κ2) is 8.27. The minimum absolute atomic E-state index is 0.0891. The molecule has 3 aromatic rings. The van der Waals surface area contributed by atoms with Gasteiger partial charge in [-0.25, -0.2) is 4.68 Å². The Hall–Kier alpha value is -4.21. The van der Waals surface area contributed by atoms with Crippen LogP contribution >= 0.6 is 0 Å². The largest absolute Gasteiger partial charge is 0.486 e. The van der Waals surface area contributed by atoms with Gasteiger partial charge in [-0.1, -0.05) is 24.3 Å². The molecule has 158 valence electrons. The topological polar surface area (TPSA) is 126 Å². The molecule has 0 radical (unpaired) electrons. The predicted molar refractivity (Wildman–Crippen MR) is 110 cm³/mol. The van der Waals surface area contributed by atoms with Gasteiger partial charge in [0.25, 0.3) is 11.6 Å². The molecule has 0 aliphatic carbocycles. The summed E-state index contributed by atoms with van der Waals surface area (Å²) in [5, 5.41) is 18.1. The molecule has 0 spiro atoms. The van der Waals surface area contributed by atoms with Crippen LogP contribution in [0, 0.1) is 17.0 Å². The van der Waals surface area contributed by atoms with Crippen molar-refractivity contribution in [1.29, 1.82) is 0 Å². The fourth-order valence-electron chi connectivity index (χ4n) is 3.28. The SMILES string of the molecule is Cc1cc(=O)c(C(=O)NCc2cccc3c2OCCO3)nn1-c1ccccc1[N+](=O)[O-]. The quantitative estimate of drug-likeness (QED) is 0.493. The van der Waals surface area contributed by atoms with Crippen molar-refractivity contribution >= 4 is 11.6 Å². The Balaban J connectivity index is 1.64. The lowest BCUT2D eigenvalue weighted by atomic mass is 10.1. The van der Waals surface area contributed by atoms with Crippen LogP contribution in [-0.4, -0.2) is 33.8 Å². The highest BCUT2D eigenvalue weighted by Crippen LogP contribution is 2.33. The zero-order valence-electron chi connectivity index (χ0n) is 16.5. The third-order valence-corrected chi connectivity index (χ3v) is 4.72. The van der Waals surface area contributed by atoms with E-state index in [0.717, 1.165) is 0 Å². The standard InChI is InChI=1S/C21H18N4O6/c1-13-11-17(26)19(23-24(13)15-6-2-3-7-16(15)25(28)29)21(27)22-12-14-5-4-8-18-20(14)31-10-9-30-18/h2-8,11H,9-10,12H2,1H3,(H,22,27). The van der Waals surface area contributed by atoms with Gasteiger partial charge in [0.2, 0.25) is 5.43 Å². The molecule has 0 atom stereocenters. The first kappa shape index (κ1) is 20.1. The summed E-state index contributed by atoms with van der Waals surface area (Å²) in [6, 6.07) is 12.5. The van der Waals surface area contributed by atoms with Gasteiger partial charge >= 0.3 is 0 Å².